The quantitative estimate of drug-likeness (QED) is 0.206. The summed E-state index contributed by atoms with van der Waals surface area (Å²) >= 11 is 1.32. The van der Waals surface area contributed by atoms with Crippen LogP contribution in [0.25, 0.3) is 10.9 Å². The minimum Gasteiger partial charge on any atom is -0.372 e. The van der Waals surface area contributed by atoms with Crippen LogP contribution in [-0.4, -0.2) is 34.2 Å². The molecule has 34 heavy (non-hydrogen) atoms. The number of carbonyl (C=O) groups is 1. The van der Waals surface area contributed by atoms with E-state index in [1.165, 1.54) is 31.0 Å². The van der Waals surface area contributed by atoms with Crippen molar-refractivity contribution in [3.8, 4) is 0 Å². The minimum absolute atomic E-state index is 0.0200. The summed E-state index contributed by atoms with van der Waals surface area (Å²) in [5.74, 6) is 0.245. The molecule has 0 N–H and O–H groups in total. The second-order valence-corrected chi connectivity index (χ2v) is 9.54. The Morgan fingerprint density at radius 2 is 1.59 bits per heavy atom. The number of hydrogen-bond donors (Lipinski definition) is 0. The third kappa shape index (κ3) is 4.92. The van der Waals surface area contributed by atoms with Crippen LogP contribution in [0.4, 0.5) is 5.69 Å². The maximum absolute atomic E-state index is 13.7. The van der Waals surface area contributed by atoms with Crippen molar-refractivity contribution in [2.24, 2.45) is 0 Å². The lowest BCUT2D eigenvalue weighted by Gasteiger charge is -2.29. The zero-order valence-electron chi connectivity index (χ0n) is 19.0. The van der Waals surface area contributed by atoms with Crippen molar-refractivity contribution < 1.29 is 4.79 Å². The molecule has 172 valence electrons. The molecule has 0 bridgehead atoms. The molecule has 0 saturated carbocycles. The molecular formula is C28H27N3O2S. The fraction of sp³-hybridized carbons (Fsp3) is 0.250. The Hall–Kier alpha value is -3.38. The zero-order chi connectivity index (χ0) is 23.3. The predicted molar refractivity (Wildman–Crippen MR) is 139 cm³/mol. The monoisotopic (exact) mass is 469 g/mol. The van der Waals surface area contributed by atoms with E-state index in [1.54, 1.807) is 4.57 Å². The molecule has 0 aliphatic carbocycles. The molecule has 5 nitrogen and oxygen atoms in total. The lowest BCUT2D eigenvalue weighted by molar-refractivity contribution is 0.102. The van der Waals surface area contributed by atoms with Gasteiger partial charge in [0.2, 0.25) is 0 Å². The van der Waals surface area contributed by atoms with Crippen LogP contribution in [0.15, 0.2) is 88.8 Å². The van der Waals surface area contributed by atoms with Gasteiger partial charge >= 0.3 is 0 Å². The standard InChI is InChI=1S/C28H27N3O2S/c32-26(22-12-6-2-7-13-22)20-34-28-29-25-15-14-23(30-16-8-3-9-17-30)18-24(25)27(33)31(28)19-21-10-4-1-5-11-21/h1-2,4-7,10-15,18H,3,8-9,16-17,19-20H2. The first-order valence-electron chi connectivity index (χ1n) is 11.7. The number of piperidine rings is 1. The zero-order valence-corrected chi connectivity index (χ0v) is 19.8. The van der Waals surface area contributed by atoms with Gasteiger partial charge in [0.1, 0.15) is 0 Å². The Labute approximate surface area is 203 Å². The van der Waals surface area contributed by atoms with Gasteiger partial charge < -0.3 is 4.90 Å². The summed E-state index contributed by atoms with van der Waals surface area (Å²) in [7, 11) is 0. The fourth-order valence-corrected chi connectivity index (χ4v) is 5.28. The third-order valence-electron chi connectivity index (χ3n) is 6.24. The van der Waals surface area contributed by atoms with E-state index >= 15 is 0 Å². The molecule has 1 aliphatic rings. The number of anilines is 1. The predicted octanol–water partition coefficient (Wildman–Crippen LogP) is 5.41. The molecule has 5 rings (SSSR count). The van der Waals surface area contributed by atoms with Crippen molar-refractivity contribution in [3.63, 3.8) is 0 Å². The highest BCUT2D eigenvalue weighted by molar-refractivity contribution is 7.99. The van der Waals surface area contributed by atoms with E-state index in [1.807, 2.05) is 72.8 Å². The number of hydrogen-bond acceptors (Lipinski definition) is 5. The Kier molecular flexibility index (Phi) is 6.77. The van der Waals surface area contributed by atoms with E-state index in [0.29, 0.717) is 28.2 Å². The summed E-state index contributed by atoms with van der Waals surface area (Å²) in [5, 5.41) is 1.19. The highest BCUT2D eigenvalue weighted by atomic mass is 32.2. The van der Waals surface area contributed by atoms with E-state index in [4.69, 9.17) is 4.98 Å². The normalized spacial score (nSPS) is 13.8. The largest absolute Gasteiger partial charge is 0.372 e. The smallest absolute Gasteiger partial charge is 0.262 e. The van der Waals surface area contributed by atoms with Gasteiger partial charge in [-0.2, -0.15) is 0 Å². The van der Waals surface area contributed by atoms with Gasteiger partial charge in [0.05, 0.1) is 23.2 Å². The van der Waals surface area contributed by atoms with Crippen LogP contribution in [0.1, 0.15) is 35.2 Å². The second-order valence-electron chi connectivity index (χ2n) is 8.60. The molecule has 2 heterocycles. The molecule has 0 atom stereocenters. The molecule has 0 amide bonds. The number of benzene rings is 3. The molecular weight excluding hydrogens is 442 g/mol. The van der Waals surface area contributed by atoms with Crippen LogP contribution in [-0.2, 0) is 6.54 Å². The Morgan fingerprint density at radius 3 is 2.32 bits per heavy atom. The molecule has 1 aromatic heterocycles. The average molecular weight is 470 g/mol. The van der Waals surface area contributed by atoms with Crippen molar-refractivity contribution in [1.82, 2.24) is 9.55 Å². The van der Waals surface area contributed by atoms with Gasteiger partial charge in [-0.1, -0.05) is 72.4 Å². The number of aromatic nitrogens is 2. The van der Waals surface area contributed by atoms with Crippen LogP contribution in [0.2, 0.25) is 0 Å². The molecule has 1 fully saturated rings. The van der Waals surface area contributed by atoms with E-state index in [0.717, 1.165) is 24.3 Å². The van der Waals surface area contributed by atoms with E-state index < -0.39 is 0 Å². The SMILES string of the molecule is O=C(CSc1nc2ccc(N3CCCCC3)cc2c(=O)n1Cc1ccccc1)c1ccccc1. The van der Waals surface area contributed by atoms with Crippen LogP contribution in [0, 0.1) is 0 Å². The summed E-state index contributed by atoms with van der Waals surface area (Å²) in [5.41, 5.74) is 3.37. The number of thioether (sulfide) groups is 1. The molecule has 0 unspecified atom stereocenters. The summed E-state index contributed by atoms with van der Waals surface area (Å²) in [4.78, 5) is 33.6. The maximum Gasteiger partial charge on any atom is 0.262 e. The number of ketones is 1. The number of nitrogens with zero attached hydrogens (tertiary/aromatic N) is 3. The first-order valence-corrected chi connectivity index (χ1v) is 12.7. The average Bonchev–Trinajstić information content (AvgIpc) is 2.90. The number of Topliss-reactive ketones (excluding diaryl/α,β-unsaturated/α-hetero) is 1. The van der Waals surface area contributed by atoms with Crippen LogP contribution in [0.5, 0.6) is 0 Å². The van der Waals surface area contributed by atoms with Gasteiger partial charge in [-0.05, 0) is 43.0 Å². The molecule has 0 spiro atoms. The Morgan fingerprint density at radius 1 is 0.882 bits per heavy atom. The van der Waals surface area contributed by atoms with E-state index in [2.05, 4.69) is 11.0 Å². The minimum atomic E-state index is -0.0672. The molecule has 0 radical (unpaired) electrons. The molecule has 6 heteroatoms. The van der Waals surface area contributed by atoms with Crippen molar-refractivity contribution in [2.75, 3.05) is 23.7 Å². The highest BCUT2D eigenvalue weighted by Gasteiger charge is 2.17. The first-order chi connectivity index (χ1) is 16.7. The van der Waals surface area contributed by atoms with Crippen molar-refractivity contribution >= 4 is 34.1 Å². The Balaban J connectivity index is 1.52. The van der Waals surface area contributed by atoms with Crippen LogP contribution in [0.3, 0.4) is 0 Å². The Bertz CT molecular complexity index is 1350. The summed E-state index contributed by atoms with van der Waals surface area (Å²) in [6, 6.07) is 25.1. The molecule has 3 aromatic carbocycles. The van der Waals surface area contributed by atoms with Gasteiger partial charge in [-0.3, -0.25) is 14.2 Å². The lowest BCUT2D eigenvalue weighted by Crippen LogP contribution is -2.30. The maximum atomic E-state index is 13.7. The van der Waals surface area contributed by atoms with Gasteiger partial charge in [0, 0.05) is 24.3 Å². The molecule has 1 saturated heterocycles. The van der Waals surface area contributed by atoms with Crippen molar-refractivity contribution in [1.29, 1.82) is 0 Å². The third-order valence-corrected chi connectivity index (χ3v) is 7.21. The van der Waals surface area contributed by atoms with Gasteiger partial charge in [-0.25, -0.2) is 4.98 Å². The van der Waals surface area contributed by atoms with Crippen molar-refractivity contribution in [3.05, 3.63) is 100 Å². The summed E-state index contributed by atoms with van der Waals surface area (Å²) in [6.45, 7) is 2.46. The van der Waals surface area contributed by atoms with Gasteiger partial charge in [0.15, 0.2) is 10.9 Å². The molecule has 4 aromatic rings. The van der Waals surface area contributed by atoms with E-state index in [9.17, 15) is 9.59 Å². The van der Waals surface area contributed by atoms with Gasteiger partial charge in [0.25, 0.3) is 5.56 Å². The number of fused-ring (bicyclic) bond motifs is 1. The number of rotatable bonds is 7. The topological polar surface area (TPSA) is 55.2 Å². The summed E-state index contributed by atoms with van der Waals surface area (Å²) in [6.07, 6.45) is 3.62. The van der Waals surface area contributed by atoms with Crippen molar-refractivity contribution in [2.45, 2.75) is 31.0 Å². The fourth-order valence-electron chi connectivity index (χ4n) is 4.39. The molecule has 1 aliphatic heterocycles. The first kappa shape index (κ1) is 22.4. The van der Waals surface area contributed by atoms with Crippen LogP contribution >= 0.6 is 11.8 Å². The van der Waals surface area contributed by atoms with Gasteiger partial charge in [-0.15, -0.1) is 0 Å². The second kappa shape index (κ2) is 10.3. The number of carbonyl (C=O) groups excluding carboxylic acids is 1. The van der Waals surface area contributed by atoms with Crippen LogP contribution < -0.4 is 10.5 Å². The summed E-state index contributed by atoms with van der Waals surface area (Å²) < 4.78 is 1.71. The van der Waals surface area contributed by atoms with E-state index in [-0.39, 0.29) is 17.1 Å². The highest BCUT2D eigenvalue weighted by Crippen LogP contribution is 2.25. The lowest BCUT2D eigenvalue weighted by atomic mass is 10.1.